The van der Waals surface area contributed by atoms with Gasteiger partial charge in [-0.25, -0.2) is 0 Å². The first-order valence-electron chi connectivity index (χ1n) is 6.58. The van der Waals surface area contributed by atoms with E-state index in [0.29, 0.717) is 23.3 Å². The Hall–Kier alpha value is -1.78. The molecule has 2 unspecified atom stereocenters. The van der Waals surface area contributed by atoms with E-state index in [-0.39, 0.29) is 10.6 Å². The molecule has 1 heterocycles. The van der Waals surface area contributed by atoms with Crippen LogP contribution >= 0.6 is 0 Å². The van der Waals surface area contributed by atoms with Crippen LogP contribution in [-0.4, -0.2) is 25.1 Å². The Morgan fingerprint density at radius 2 is 1.95 bits per heavy atom. The van der Waals surface area contributed by atoms with Crippen LogP contribution < -0.4 is 9.64 Å². The molecule has 1 aromatic rings. The molecule has 5 heteroatoms. The summed E-state index contributed by atoms with van der Waals surface area (Å²) in [4.78, 5) is 13.0. The molecule has 0 aromatic heterocycles. The van der Waals surface area contributed by atoms with Crippen LogP contribution in [0, 0.1) is 22.0 Å². The molecule has 0 spiro atoms. The number of nitro benzene ring substituents is 1. The van der Waals surface area contributed by atoms with E-state index < -0.39 is 0 Å². The fourth-order valence-corrected chi connectivity index (χ4v) is 2.90. The Morgan fingerprint density at radius 3 is 2.47 bits per heavy atom. The number of ether oxygens (including phenoxy) is 1. The second-order valence-corrected chi connectivity index (χ2v) is 5.46. The summed E-state index contributed by atoms with van der Waals surface area (Å²) in [7, 11) is 1.52. The van der Waals surface area contributed by atoms with Gasteiger partial charge in [0.15, 0.2) is 0 Å². The first-order valence-corrected chi connectivity index (χ1v) is 6.58. The van der Waals surface area contributed by atoms with Crippen molar-refractivity contribution in [3.05, 3.63) is 28.3 Å². The SMILES string of the molecule is COc1ccc(N2CC(C)CC(C)C2)c([N+](=O)[O-])c1. The van der Waals surface area contributed by atoms with E-state index >= 15 is 0 Å². The van der Waals surface area contributed by atoms with Gasteiger partial charge in [-0.15, -0.1) is 0 Å². The molecule has 5 nitrogen and oxygen atoms in total. The maximum absolute atomic E-state index is 11.2. The molecule has 0 amide bonds. The number of nitrogens with zero attached hydrogens (tertiary/aromatic N) is 2. The summed E-state index contributed by atoms with van der Waals surface area (Å²) >= 11 is 0. The molecule has 0 bridgehead atoms. The van der Waals surface area contributed by atoms with Gasteiger partial charge in [-0.3, -0.25) is 10.1 Å². The molecule has 2 rings (SSSR count). The number of hydrogen-bond acceptors (Lipinski definition) is 4. The molecule has 1 aliphatic rings. The Balaban J connectivity index is 2.35. The number of nitro groups is 1. The maximum Gasteiger partial charge on any atom is 0.296 e. The molecule has 1 saturated heterocycles. The minimum absolute atomic E-state index is 0.126. The zero-order valence-electron chi connectivity index (χ0n) is 11.6. The van der Waals surface area contributed by atoms with E-state index in [1.165, 1.54) is 19.6 Å². The lowest BCUT2D eigenvalue weighted by Crippen LogP contribution is -2.39. The summed E-state index contributed by atoms with van der Waals surface area (Å²) in [5.74, 6) is 1.64. The number of benzene rings is 1. The van der Waals surface area contributed by atoms with Gasteiger partial charge in [-0.1, -0.05) is 13.8 Å². The van der Waals surface area contributed by atoms with Gasteiger partial charge in [0.25, 0.3) is 5.69 Å². The van der Waals surface area contributed by atoms with Crippen molar-refractivity contribution in [2.75, 3.05) is 25.1 Å². The van der Waals surface area contributed by atoms with Gasteiger partial charge in [-0.2, -0.15) is 0 Å². The van der Waals surface area contributed by atoms with Gasteiger partial charge < -0.3 is 9.64 Å². The molecular formula is C14H20N2O3. The van der Waals surface area contributed by atoms with Crippen LogP contribution in [0.3, 0.4) is 0 Å². The lowest BCUT2D eigenvalue weighted by Gasteiger charge is -2.36. The second-order valence-electron chi connectivity index (χ2n) is 5.46. The average Bonchev–Trinajstić information content (AvgIpc) is 2.36. The van der Waals surface area contributed by atoms with E-state index in [2.05, 4.69) is 18.7 Å². The average molecular weight is 264 g/mol. The molecular weight excluding hydrogens is 244 g/mol. The van der Waals surface area contributed by atoms with E-state index in [0.717, 1.165) is 13.1 Å². The lowest BCUT2D eigenvalue weighted by molar-refractivity contribution is -0.384. The predicted octanol–water partition coefficient (Wildman–Crippen LogP) is 3.09. The highest BCUT2D eigenvalue weighted by molar-refractivity contribution is 5.65. The van der Waals surface area contributed by atoms with Gasteiger partial charge in [0.1, 0.15) is 11.4 Å². The standard InChI is InChI=1S/C14H20N2O3/c1-10-6-11(2)9-15(8-10)13-5-4-12(19-3)7-14(13)16(17)18/h4-5,7,10-11H,6,8-9H2,1-3H3. The largest absolute Gasteiger partial charge is 0.496 e. The number of hydrogen-bond donors (Lipinski definition) is 0. The Labute approximate surface area is 113 Å². The van der Waals surface area contributed by atoms with Gasteiger partial charge in [0.2, 0.25) is 0 Å². The predicted molar refractivity (Wildman–Crippen MR) is 74.8 cm³/mol. The smallest absolute Gasteiger partial charge is 0.296 e. The highest BCUT2D eigenvalue weighted by Gasteiger charge is 2.27. The van der Waals surface area contributed by atoms with Gasteiger partial charge >= 0.3 is 0 Å². The Morgan fingerprint density at radius 1 is 1.32 bits per heavy atom. The molecule has 1 aromatic carbocycles. The highest BCUT2D eigenvalue weighted by Crippen LogP contribution is 2.35. The molecule has 0 radical (unpaired) electrons. The third kappa shape index (κ3) is 2.97. The van der Waals surface area contributed by atoms with Crippen LogP contribution in [-0.2, 0) is 0 Å². The Kier molecular flexibility index (Phi) is 3.93. The number of rotatable bonds is 3. The third-order valence-electron chi connectivity index (χ3n) is 3.59. The maximum atomic E-state index is 11.2. The van der Waals surface area contributed by atoms with Gasteiger partial charge in [0, 0.05) is 13.1 Å². The lowest BCUT2D eigenvalue weighted by atomic mass is 9.91. The molecule has 1 fully saturated rings. The molecule has 104 valence electrons. The fourth-order valence-electron chi connectivity index (χ4n) is 2.90. The van der Waals surface area contributed by atoms with E-state index in [9.17, 15) is 10.1 Å². The molecule has 0 saturated carbocycles. The van der Waals surface area contributed by atoms with Crippen molar-refractivity contribution in [2.24, 2.45) is 11.8 Å². The van der Waals surface area contributed by atoms with E-state index in [1.54, 1.807) is 12.1 Å². The van der Waals surface area contributed by atoms with Crippen molar-refractivity contribution in [1.82, 2.24) is 0 Å². The number of piperidine rings is 1. The summed E-state index contributed by atoms with van der Waals surface area (Å²) in [6, 6.07) is 5.08. The van der Waals surface area contributed by atoms with Crippen LogP contribution in [0.5, 0.6) is 5.75 Å². The van der Waals surface area contributed by atoms with Crippen molar-refractivity contribution in [2.45, 2.75) is 20.3 Å². The molecule has 0 N–H and O–H groups in total. The molecule has 1 aliphatic heterocycles. The van der Waals surface area contributed by atoms with Crippen molar-refractivity contribution in [1.29, 1.82) is 0 Å². The van der Waals surface area contributed by atoms with Crippen LogP contribution in [0.4, 0.5) is 11.4 Å². The van der Waals surface area contributed by atoms with Crippen LogP contribution in [0.15, 0.2) is 18.2 Å². The topological polar surface area (TPSA) is 55.6 Å². The monoisotopic (exact) mass is 264 g/mol. The number of anilines is 1. The van der Waals surface area contributed by atoms with Crippen molar-refractivity contribution in [3.8, 4) is 5.75 Å². The van der Waals surface area contributed by atoms with Crippen LogP contribution in [0.1, 0.15) is 20.3 Å². The van der Waals surface area contributed by atoms with Crippen LogP contribution in [0.2, 0.25) is 0 Å². The molecule has 0 aliphatic carbocycles. The minimum Gasteiger partial charge on any atom is -0.496 e. The van der Waals surface area contributed by atoms with E-state index in [4.69, 9.17) is 4.74 Å². The van der Waals surface area contributed by atoms with Crippen molar-refractivity contribution < 1.29 is 9.66 Å². The highest BCUT2D eigenvalue weighted by atomic mass is 16.6. The van der Waals surface area contributed by atoms with Crippen molar-refractivity contribution >= 4 is 11.4 Å². The Bertz CT molecular complexity index is 466. The summed E-state index contributed by atoms with van der Waals surface area (Å²) in [6.07, 6.45) is 1.18. The summed E-state index contributed by atoms with van der Waals surface area (Å²) in [5.41, 5.74) is 0.824. The van der Waals surface area contributed by atoms with Crippen LogP contribution in [0.25, 0.3) is 0 Å². The number of methoxy groups -OCH3 is 1. The minimum atomic E-state index is -0.332. The fraction of sp³-hybridized carbons (Fsp3) is 0.571. The zero-order valence-corrected chi connectivity index (χ0v) is 11.6. The van der Waals surface area contributed by atoms with Gasteiger partial charge in [0.05, 0.1) is 18.1 Å². The first kappa shape index (κ1) is 13.6. The van der Waals surface area contributed by atoms with Crippen molar-refractivity contribution in [3.63, 3.8) is 0 Å². The van der Waals surface area contributed by atoms with E-state index in [1.807, 2.05) is 0 Å². The quantitative estimate of drug-likeness (QED) is 0.622. The molecule has 19 heavy (non-hydrogen) atoms. The first-order chi connectivity index (χ1) is 9.01. The summed E-state index contributed by atoms with van der Waals surface area (Å²) in [5, 5.41) is 11.2. The third-order valence-corrected chi connectivity index (χ3v) is 3.59. The zero-order chi connectivity index (χ0) is 14.0. The summed E-state index contributed by atoms with van der Waals surface area (Å²) < 4.78 is 5.07. The molecule has 2 atom stereocenters. The second kappa shape index (κ2) is 5.47. The normalized spacial score (nSPS) is 23.2. The van der Waals surface area contributed by atoms with Gasteiger partial charge in [-0.05, 0) is 30.4 Å². The summed E-state index contributed by atoms with van der Waals surface area (Å²) in [6.45, 7) is 6.13.